The lowest BCUT2D eigenvalue weighted by Gasteiger charge is -1.93. The molecule has 0 atom stereocenters. The molecule has 4 heteroatoms. The number of aryl methyl sites for hydroxylation is 1. The van der Waals surface area contributed by atoms with Crippen molar-refractivity contribution in [2.45, 2.75) is 32.9 Å². The van der Waals surface area contributed by atoms with Gasteiger partial charge in [0.1, 0.15) is 12.4 Å². The summed E-state index contributed by atoms with van der Waals surface area (Å²) in [5.41, 5.74) is 0. The number of hydrogen-bond donors (Lipinski definition) is 0. The van der Waals surface area contributed by atoms with Gasteiger partial charge < -0.3 is 0 Å². The second kappa shape index (κ2) is 4.18. The van der Waals surface area contributed by atoms with Crippen molar-refractivity contribution >= 4 is 0 Å². The molecule has 0 aliphatic rings. The van der Waals surface area contributed by atoms with Gasteiger partial charge in [0.2, 0.25) is 6.33 Å². The molecule has 2 nitrogen and oxygen atoms in total. The van der Waals surface area contributed by atoms with Gasteiger partial charge >= 0.3 is 0 Å². The van der Waals surface area contributed by atoms with E-state index in [9.17, 15) is 8.78 Å². The van der Waals surface area contributed by atoms with Crippen molar-refractivity contribution in [2.75, 3.05) is 0 Å². The molecule has 1 aromatic rings. The lowest BCUT2D eigenvalue weighted by atomic mass is 10.5. The lowest BCUT2D eigenvalue weighted by Crippen LogP contribution is -2.34. The van der Waals surface area contributed by atoms with E-state index in [-0.39, 0.29) is 6.54 Å². The predicted molar refractivity (Wildman–Crippen MR) is 40.9 cm³/mol. The molecule has 0 amide bonds. The van der Waals surface area contributed by atoms with Gasteiger partial charge in [-0.3, -0.25) is 0 Å². The average molecular weight is 175 g/mol. The molecule has 0 spiro atoms. The number of halogens is 2. The Labute approximate surface area is 70.4 Å². The topological polar surface area (TPSA) is 8.81 Å². The van der Waals surface area contributed by atoms with Gasteiger partial charge in [-0.05, 0) is 6.42 Å². The fourth-order valence-electron chi connectivity index (χ4n) is 1.10. The molecule has 1 aromatic heterocycles. The molecule has 12 heavy (non-hydrogen) atoms. The smallest absolute Gasteiger partial charge is 0.237 e. The number of imidazole rings is 1. The highest BCUT2D eigenvalue weighted by molar-refractivity contribution is 4.65. The molecule has 0 N–H and O–H groups in total. The summed E-state index contributed by atoms with van der Waals surface area (Å²) < 4.78 is 27.2. The number of nitrogens with zero attached hydrogens (tertiary/aromatic N) is 2. The summed E-state index contributed by atoms with van der Waals surface area (Å²) in [7, 11) is 0. The van der Waals surface area contributed by atoms with E-state index in [0.29, 0.717) is 0 Å². The van der Waals surface area contributed by atoms with Crippen LogP contribution in [0.4, 0.5) is 8.78 Å². The second-order valence-corrected chi connectivity index (χ2v) is 2.74. The van der Waals surface area contributed by atoms with Crippen molar-refractivity contribution < 1.29 is 13.3 Å². The first kappa shape index (κ1) is 9.16. The second-order valence-electron chi connectivity index (χ2n) is 2.74. The molecular formula is C8H13F2N2+. The maximum absolute atomic E-state index is 11.9. The van der Waals surface area contributed by atoms with Gasteiger partial charge in [0.05, 0.1) is 6.54 Å². The van der Waals surface area contributed by atoms with Crippen LogP contribution >= 0.6 is 0 Å². The Balaban J connectivity index is 2.52. The molecule has 0 bridgehead atoms. The fraction of sp³-hybridized carbons (Fsp3) is 0.625. The molecule has 0 aromatic carbocycles. The van der Waals surface area contributed by atoms with Crippen LogP contribution in [0.25, 0.3) is 0 Å². The summed E-state index contributed by atoms with van der Waals surface area (Å²) in [6, 6.07) is 0. The molecule has 0 saturated carbocycles. The van der Waals surface area contributed by atoms with Crippen LogP contribution in [0.2, 0.25) is 0 Å². The SMILES string of the molecule is CCCn1cc[n+](CC(F)F)c1. The van der Waals surface area contributed by atoms with E-state index < -0.39 is 6.43 Å². The highest BCUT2D eigenvalue weighted by atomic mass is 19.3. The van der Waals surface area contributed by atoms with Gasteiger partial charge in [0.15, 0.2) is 6.54 Å². The van der Waals surface area contributed by atoms with Crippen LogP contribution in [0, 0.1) is 0 Å². The van der Waals surface area contributed by atoms with Crippen LogP contribution < -0.4 is 4.57 Å². The summed E-state index contributed by atoms with van der Waals surface area (Å²) >= 11 is 0. The van der Waals surface area contributed by atoms with E-state index >= 15 is 0 Å². The summed E-state index contributed by atoms with van der Waals surface area (Å²) in [5, 5.41) is 0. The van der Waals surface area contributed by atoms with E-state index in [1.807, 2.05) is 10.8 Å². The van der Waals surface area contributed by atoms with Crippen LogP contribution in [0.1, 0.15) is 13.3 Å². The molecule has 0 radical (unpaired) electrons. The third kappa shape index (κ3) is 2.60. The molecule has 0 saturated heterocycles. The fourth-order valence-corrected chi connectivity index (χ4v) is 1.10. The standard InChI is InChI=1S/C8H13F2N2/c1-2-3-11-4-5-12(7-11)6-8(9)10/h4-5,7-8H,2-3,6H2,1H3/q+1. The van der Waals surface area contributed by atoms with Crippen molar-refractivity contribution in [3.05, 3.63) is 18.7 Å². The molecule has 0 fully saturated rings. The van der Waals surface area contributed by atoms with E-state index in [1.165, 1.54) is 4.57 Å². The Kier molecular flexibility index (Phi) is 3.19. The van der Waals surface area contributed by atoms with E-state index in [1.54, 1.807) is 12.5 Å². The average Bonchev–Trinajstić information content (AvgIpc) is 2.36. The first-order valence-electron chi connectivity index (χ1n) is 4.05. The number of rotatable bonds is 4. The maximum atomic E-state index is 11.9. The molecule has 0 aliphatic heterocycles. The van der Waals surface area contributed by atoms with Crippen LogP contribution in [-0.4, -0.2) is 11.0 Å². The summed E-state index contributed by atoms with van der Waals surface area (Å²) in [6.45, 7) is 2.73. The maximum Gasteiger partial charge on any atom is 0.275 e. The lowest BCUT2D eigenvalue weighted by molar-refractivity contribution is -0.705. The Morgan fingerprint density at radius 3 is 2.83 bits per heavy atom. The molecule has 68 valence electrons. The van der Waals surface area contributed by atoms with E-state index in [2.05, 4.69) is 6.92 Å². The van der Waals surface area contributed by atoms with Gasteiger partial charge in [-0.1, -0.05) is 6.92 Å². The van der Waals surface area contributed by atoms with Gasteiger partial charge in [-0.2, -0.15) is 0 Å². The summed E-state index contributed by atoms with van der Waals surface area (Å²) in [5.74, 6) is 0. The first-order valence-corrected chi connectivity index (χ1v) is 4.05. The van der Waals surface area contributed by atoms with Crippen LogP contribution in [0.3, 0.4) is 0 Å². The molecule has 0 aliphatic carbocycles. The minimum absolute atomic E-state index is 0.212. The number of aromatic nitrogens is 2. The molecule has 1 heterocycles. The van der Waals surface area contributed by atoms with Crippen molar-refractivity contribution in [1.82, 2.24) is 4.57 Å². The van der Waals surface area contributed by atoms with Gasteiger partial charge in [0.25, 0.3) is 6.43 Å². The summed E-state index contributed by atoms with van der Waals surface area (Å²) in [4.78, 5) is 0. The zero-order chi connectivity index (χ0) is 8.97. The Morgan fingerprint density at radius 2 is 2.25 bits per heavy atom. The Hall–Kier alpha value is -0.930. The minimum Gasteiger partial charge on any atom is -0.237 e. The number of hydrogen-bond acceptors (Lipinski definition) is 0. The van der Waals surface area contributed by atoms with Crippen molar-refractivity contribution in [3.8, 4) is 0 Å². The monoisotopic (exact) mass is 175 g/mol. The zero-order valence-corrected chi connectivity index (χ0v) is 7.08. The quantitative estimate of drug-likeness (QED) is 0.612. The van der Waals surface area contributed by atoms with Crippen LogP contribution in [0.15, 0.2) is 18.7 Å². The highest BCUT2D eigenvalue weighted by Gasteiger charge is 2.09. The largest absolute Gasteiger partial charge is 0.275 e. The summed E-state index contributed by atoms with van der Waals surface area (Å²) in [6.07, 6.45) is 3.93. The zero-order valence-electron chi connectivity index (χ0n) is 7.08. The van der Waals surface area contributed by atoms with E-state index in [4.69, 9.17) is 0 Å². The molecule has 0 unspecified atom stereocenters. The third-order valence-corrected chi connectivity index (χ3v) is 1.58. The first-order chi connectivity index (χ1) is 5.72. The third-order valence-electron chi connectivity index (χ3n) is 1.58. The minimum atomic E-state index is -2.27. The molecular weight excluding hydrogens is 162 g/mol. The van der Waals surface area contributed by atoms with Crippen molar-refractivity contribution in [1.29, 1.82) is 0 Å². The highest BCUT2D eigenvalue weighted by Crippen LogP contribution is 1.92. The van der Waals surface area contributed by atoms with E-state index in [0.717, 1.165) is 13.0 Å². The van der Waals surface area contributed by atoms with Crippen molar-refractivity contribution in [3.63, 3.8) is 0 Å². The molecule has 1 rings (SSSR count). The van der Waals surface area contributed by atoms with Crippen molar-refractivity contribution in [2.24, 2.45) is 0 Å². The Bertz CT molecular complexity index is 233. The van der Waals surface area contributed by atoms with Crippen LogP contribution in [0.5, 0.6) is 0 Å². The van der Waals surface area contributed by atoms with Crippen LogP contribution in [-0.2, 0) is 13.1 Å². The Morgan fingerprint density at radius 1 is 1.50 bits per heavy atom. The van der Waals surface area contributed by atoms with Gasteiger partial charge in [0, 0.05) is 0 Å². The predicted octanol–water partition coefficient (Wildman–Crippen LogP) is 1.45. The number of alkyl halides is 2. The van der Waals surface area contributed by atoms with Gasteiger partial charge in [-0.15, -0.1) is 0 Å². The normalized spacial score (nSPS) is 11.0. The van der Waals surface area contributed by atoms with Gasteiger partial charge in [-0.25, -0.2) is 17.9 Å².